The molecule has 1 aromatic rings. The van der Waals surface area contributed by atoms with E-state index in [4.69, 9.17) is 0 Å². The summed E-state index contributed by atoms with van der Waals surface area (Å²) in [5, 5.41) is 0. The van der Waals surface area contributed by atoms with Gasteiger partial charge in [0, 0.05) is 6.54 Å². The molecule has 146 valence electrons. The molecule has 1 atom stereocenters. The maximum Gasteiger partial charge on any atom is 0.401 e. The molecule has 9 heteroatoms. The first kappa shape index (κ1) is 20.7. The largest absolute Gasteiger partial charge is 0.401 e. The Hall–Kier alpha value is -1.61. The van der Waals surface area contributed by atoms with Crippen LogP contribution in [0.1, 0.15) is 31.7 Å². The van der Waals surface area contributed by atoms with Gasteiger partial charge in [0.2, 0.25) is 5.91 Å². The molecule has 1 N–H and O–H groups in total. The smallest absolute Gasteiger partial charge is 0.294 e. The van der Waals surface area contributed by atoms with Crippen molar-refractivity contribution in [2.45, 2.75) is 43.7 Å². The molecule has 1 aliphatic heterocycles. The summed E-state index contributed by atoms with van der Waals surface area (Å²) in [5.41, 5.74) is 0.993. The number of aryl methyl sites for hydroxylation is 1. The summed E-state index contributed by atoms with van der Waals surface area (Å²) in [6, 6.07) is 6.23. The van der Waals surface area contributed by atoms with E-state index >= 15 is 0 Å². The van der Waals surface area contributed by atoms with Crippen LogP contribution in [0, 0.1) is 5.92 Å². The maximum atomic E-state index is 12.5. The molecule has 0 bridgehead atoms. The van der Waals surface area contributed by atoms with E-state index in [9.17, 15) is 26.4 Å². The fraction of sp³-hybridized carbons (Fsp3) is 0.588. The van der Waals surface area contributed by atoms with Crippen LogP contribution in [-0.2, 0) is 21.2 Å². The molecule has 0 aliphatic carbocycles. The lowest BCUT2D eigenvalue weighted by molar-refractivity contribution is -0.151. The lowest BCUT2D eigenvalue weighted by Gasteiger charge is -2.32. The molecular formula is C17H23F3N2O3S. The zero-order chi connectivity index (χ0) is 19.4. The first-order valence-corrected chi connectivity index (χ1v) is 10.0. The number of likely N-dealkylation sites (tertiary alicyclic amines) is 1. The highest BCUT2D eigenvalue weighted by atomic mass is 32.2. The summed E-state index contributed by atoms with van der Waals surface area (Å²) >= 11 is 0. The Bertz CT molecular complexity index is 718. The quantitative estimate of drug-likeness (QED) is 0.809. The Morgan fingerprint density at radius 3 is 2.50 bits per heavy atom. The molecule has 1 heterocycles. The monoisotopic (exact) mass is 392 g/mol. The molecule has 1 aromatic carbocycles. The Kier molecular flexibility index (Phi) is 6.68. The molecule has 0 unspecified atom stereocenters. The van der Waals surface area contributed by atoms with Gasteiger partial charge in [-0.1, -0.05) is 25.5 Å². The van der Waals surface area contributed by atoms with Crippen molar-refractivity contribution >= 4 is 15.9 Å². The van der Waals surface area contributed by atoms with E-state index in [0.29, 0.717) is 12.8 Å². The first-order valence-electron chi connectivity index (χ1n) is 8.55. The summed E-state index contributed by atoms with van der Waals surface area (Å²) < 4.78 is 64.2. The van der Waals surface area contributed by atoms with Crippen molar-refractivity contribution in [2.24, 2.45) is 5.92 Å². The number of carbonyl (C=O) groups excluding carboxylic acids is 1. The second kappa shape index (κ2) is 8.39. The molecule has 1 fully saturated rings. The third-order valence-electron chi connectivity index (χ3n) is 4.29. The number of alkyl halides is 3. The Morgan fingerprint density at radius 1 is 1.27 bits per heavy atom. The lowest BCUT2D eigenvalue weighted by atomic mass is 9.97. The second-order valence-corrected chi connectivity index (χ2v) is 8.24. The number of rotatable bonds is 6. The zero-order valence-corrected chi connectivity index (χ0v) is 15.4. The minimum atomic E-state index is -4.34. The zero-order valence-electron chi connectivity index (χ0n) is 14.6. The fourth-order valence-corrected chi connectivity index (χ4v) is 4.11. The molecule has 0 aromatic heterocycles. The Morgan fingerprint density at radius 2 is 1.92 bits per heavy atom. The molecule has 2 rings (SSSR count). The van der Waals surface area contributed by atoms with E-state index in [1.165, 1.54) is 12.1 Å². The van der Waals surface area contributed by atoms with Crippen molar-refractivity contribution in [1.29, 1.82) is 0 Å². The number of nitrogens with zero attached hydrogens (tertiary/aromatic N) is 1. The van der Waals surface area contributed by atoms with Crippen molar-refractivity contribution in [3.8, 4) is 0 Å². The van der Waals surface area contributed by atoms with E-state index in [1.807, 2.05) is 11.6 Å². The van der Waals surface area contributed by atoms with Crippen LogP contribution < -0.4 is 4.72 Å². The minimum absolute atomic E-state index is 0.0336. The van der Waals surface area contributed by atoms with E-state index in [-0.39, 0.29) is 18.0 Å². The number of benzene rings is 1. The fourth-order valence-electron chi connectivity index (χ4n) is 3.07. The van der Waals surface area contributed by atoms with Gasteiger partial charge in [0.05, 0.1) is 17.4 Å². The third kappa shape index (κ3) is 5.98. The normalized spacial score (nSPS) is 19.3. The standard InChI is InChI=1S/C17H23F3N2O3S/c1-2-4-13-6-8-15(9-7-13)26(24,25)21-16(23)14-5-3-10-22(11-14)12-17(18,19)20/h6-9,14H,2-5,10-12H2,1H3,(H,21,23)/t14-/m0/s1. The number of sulfonamides is 1. The molecule has 1 aliphatic rings. The molecule has 1 saturated heterocycles. The van der Waals surface area contributed by atoms with E-state index < -0.39 is 34.6 Å². The number of nitrogens with one attached hydrogen (secondary N) is 1. The molecule has 26 heavy (non-hydrogen) atoms. The van der Waals surface area contributed by atoms with Crippen molar-refractivity contribution < 1.29 is 26.4 Å². The number of carbonyl (C=O) groups is 1. The number of hydrogen-bond donors (Lipinski definition) is 1. The topological polar surface area (TPSA) is 66.5 Å². The van der Waals surface area contributed by atoms with Crippen molar-refractivity contribution in [3.63, 3.8) is 0 Å². The van der Waals surface area contributed by atoms with Gasteiger partial charge in [-0.05, 0) is 43.5 Å². The van der Waals surface area contributed by atoms with Crippen molar-refractivity contribution in [2.75, 3.05) is 19.6 Å². The van der Waals surface area contributed by atoms with Crippen molar-refractivity contribution in [1.82, 2.24) is 9.62 Å². The van der Waals surface area contributed by atoms with Gasteiger partial charge in [-0.2, -0.15) is 13.2 Å². The highest BCUT2D eigenvalue weighted by Crippen LogP contribution is 2.23. The number of hydrogen-bond acceptors (Lipinski definition) is 4. The molecule has 0 radical (unpaired) electrons. The second-order valence-electron chi connectivity index (χ2n) is 6.55. The molecule has 0 saturated carbocycles. The van der Waals surface area contributed by atoms with E-state index in [2.05, 4.69) is 0 Å². The molecule has 1 amide bonds. The van der Waals surface area contributed by atoms with Gasteiger partial charge < -0.3 is 0 Å². The first-order chi connectivity index (χ1) is 12.1. The number of halogens is 3. The third-order valence-corrected chi connectivity index (χ3v) is 5.65. The highest BCUT2D eigenvalue weighted by Gasteiger charge is 2.35. The summed E-state index contributed by atoms with van der Waals surface area (Å²) in [6.45, 7) is 1.06. The SMILES string of the molecule is CCCc1ccc(S(=O)(=O)NC(=O)[C@H]2CCCN(CC(F)(F)F)C2)cc1. The van der Waals surface area contributed by atoms with Crippen LogP contribution in [0.15, 0.2) is 29.2 Å². The van der Waals surface area contributed by atoms with Gasteiger partial charge in [-0.3, -0.25) is 9.69 Å². The molecule has 0 spiro atoms. The van der Waals surface area contributed by atoms with Gasteiger partial charge in [-0.15, -0.1) is 0 Å². The van der Waals surface area contributed by atoms with Gasteiger partial charge in [0.1, 0.15) is 0 Å². The van der Waals surface area contributed by atoms with Gasteiger partial charge in [0.25, 0.3) is 10.0 Å². The average molecular weight is 392 g/mol. The van der Waals surface area contributed by atoms with E-state index in [1.54, 1.807) is 12.1 Å². The number of piperidine rings is 1. The van der Waals surface area contributed by atoms with Crippen LogP contribution in [0.2, 0.25) is 0 Å². The van der Waals surface area contributed by atoms with Gasteiger partial charge >= 0.3 is 6.18 Å². The average Bonchev–Trinajstić information content (AvgIpc) is 2.54. The predicted molar refractivity (Wildman–Crippen MR) is 91.0 cm³/mol. The molecular weight excluding hydrogens is 369 g/mol. The van der Waals surface area contributed by atoms with Gasteiger partial charge in [-0.25, -0.2) is 13.1 Å². The van der Waals surface area contributed by atoms with Crippen LogP contribution in [0.25, 0.3) is 0 Å². The summed E-state index contributed by atoms with van der Waals surface area (Å²) in [6.07, 6.45) is -1.81. The van der Waals surface area contributed by atoms with Crippen LogP contribution >= 0.6 is 0 Å². The van der Waals surface area contributed by atoms with Crippen LogP contribution in [0.5, 0.6) is 0 Å². The van der Waals surface area contributed by atoms with Crippen LogP contribution in [0.3, 0.4) is 0 Å². The lowest BCUT2D eigenvalue weighted by Crippen LogP contribution is -2.47. The van der Waals surface area contributed by atoms with Crippen LogP contribution in [0.4, 0.5) is 13.2 Å². The summed E-state index contributed by atoms with van der Waals surface area (Å²) in [5.74, 6) is -1.53. The Balaban J connectivity index is 2.00. The molecule has 5 nitrogen and oxygen atoms in total. The van der Waals surface area contributed by atoms with Crippen molar-refractivity contribution in [3.05, 3.63) is 29.8 Å². The Labute approximate surface area is 151 Å². The van der Waals surface area contributed by atoms with E-state index in [0.717, 1.165) is 23.3 Å². The predicted octanol–water partition coefficient (Wildman–Crippen LogP) is 2.72. The number of amides is 1. The maximum absolute atomic E-state index is 12.5. The van der Waals surface area contributed by atoms with Crippen LogP contribution in [-0.4, -0.2) is 45.0 Å². The summed E-state index contributed by atoms with van der Waals surface area (Å²) in [7, 11) is -4.03. The highest BCUT2D eigenvalue weighted by molar-refractivity contribution is 7.90. The summed E-state index contributed by atoms with van der Waals surface area (Å²) in [4.78, 5) is 13.4. The minimum Gasteiger partial charge on any atom is -0.294 e. The van der Waals surface area contributed by atoms with Gasteiger partial charge in [0.15, 0.2) is 0 Å².